The summed E-state index contributed by atoms with van der Waals surface area (Å²) >= 11 is 0. The van der Waals surface area contributed by atoms with E-state index in [1.807, 2.05) is 18.3 Å². The van der Waals surface area contributed by atoms with Gasteiger partial charge in [0, 0.05) is 45.0 Å². The highest BCUT2D eigenvalue weighted by Gasteiger charge is 2.16. The van der Waals surface area contributed by atoms with Crippen LogP contribution in [0.2, 0.25) is 0 Å². The van der Waals surface area contributed by atoms with E-state index in [4.69, 9.17) is 9.73 Å². The molecule has 0 amide bonds. The third-order valence-corrected chi connectivity index (χ3v) is 4.54. The second kappa shape index (κ2) is 9.92. The van der Waals surface area contributed by atoms with Gasteiger partial charge in [0.1, 0.15) is 5.82 Å². The number of rotatable bonds is 6. The Kier molecular flexibility index (Phi) is 7.04. The number of ether oxygens (including phenoxy) is 1. The molecule has 1 saturated heterocycles. The summed E-state index contributed by atoms with van der Waals surface area (Å²) < 4.78 is 5.47. The molecule has 0 aliphatic carbocycles. The molecule has 0 atom stereocenters. The van der Waals surface area contributed by atoms with Gasteiger partial charge in [-0.05, 0) is 18.6 Å². The molecule has 1 aliphatic heterocycles. The molecular weight excluding hydrogens is 338 g/mol. The molecular formula is C21H29N5O. The Balaban J connectivity index is 1.73. The first-order valence-corrected chi connectivity index (χ1v) is 9.58. The Hall–Kier alpha value is -2.60. The fraction of sp³-hybridized carbons (Fsp3) is 0.429. The maximum absolute atomic E-state index is 5.47. The van der Waals surface area contributed by atoms with Crippen molar-refractivity contribution in [2.45, 2.75) is 20.0 Å². The number of aliphatic imine (C=N–C) groups is 1. The third-order valence-electron chi connectivity index (χ3n) is 4.54. The van der Waals surface area contributed by atoms with Gasteiger partial charge in [-0.1, -0.05) is 36.4 Å². The zero-order valence-corrected chi connectivity index (χ0v) is 16.3. The van der Waals surface area contributed by atoms with E-state index in [0.717, 1.165) is 56.7 Å². The van der Waals surface area contributed by atoms with Crippen molar-refractivity contribution in [3.63, 3.8) is 0 Å². The van der Waals surface area contributed by atoms with Crippen LogP contribution in [0.3, 0.4) is 0 Å². The lowest BCUT2D eigenvalue weighted by atomic mass is 10.2. The molecule has 1 N–H and O–H groups in total. The van der Waals surface area contributed by atoms with Crippen molar-refractivity contribution in [2.75, 3.05) is 44.8 Å². The molecule has 27 heavy (non-hydrogen) atoms. The predicted molar refractivity (Wildman–Crippen MR) is 110 cm³/mol. The van der Waals surface area contributed by atoms with E-state index in [-0.39, 0.29) is 0 Å². The van der Waals surface area contributed by atoms with Crippen LogP contribution in [0.15, 0.2) is 53.7 Å². The summed E-state index contributed by atoms with van der Waals surface area (Å²) in [4.78, 5) is 13.9. The summed E-state index contributed by atoms with van der Waals surface area (Å²) in [7, 11) is 2.07. The summed E-state index contributed by atoms with van der Waals surface area (Å²) in [6.07, 6.45) is 1.85. The highest BCUT2D eigenvalue weighted by molar-refractivity contribution is 5.79. The quantitative estimate of drug-likeness (QED) is 0.628. The normalized spacial score (nSPS) is 14.9. The van der Waals surface area contributed by atoms with Crippen molar-refractivity contribution in [2.24, 2.45) is 4.99 Å². The lowest BCUT2D eigenvalue weighted by molar-refractivity contribution is 0.122. The molecule has 1 aliphatic rings. The van der Waals surface area contributed by atoms with Crippen molar-refractivity contribution in [1.82, 2.24) is 15.2 Å². The van der Waals surface area contributed by atoms with Crippen LogP contribution in [0.4, 0.5) is 5.82 Å². The second-order valence-corrected chi connectivity index (χ2v) is 6.60. The van der Waals surface area contributed by atoms with Gasteiger partial charge in [0.05, 0.1) is 19.8 Å². The van der Waals surface area contributed by atoms with Crippen LogP contribution >= 0.6 is 0 Å². The Morgan fingerprint density at radius 1 is 1.19 bits per heavy atom. The van der Waals surface area contributed by atoms with E-state index >= 15 is 0 Å². The van der Waals surface area contributed by atoms with Crippen LogP contribution < -0.4 is 10.2 Å². The zero-order valence-electron chi connectivity index (χ0n) is 16.3. The van der Waals surface area contributed by atoms with Crippen molar-refractivity contribution in [3.05, 3.63) is 59.8 Å². The summed E-state index contributed by atoms with van der Waals surface area (Å²) in [5, 5.41) is 3.39. The number of anilines is 1. The largest absolute Gasteiger partial charge is 0.378 e. The topological polar surface area (TPSA) is 53.0 Å². The van der Waals surface area contributed by atoms with Crippen molar-refractivity contribution < 1.29 is 4.74 Å². The van der Waals surface area contributed by atoms with Gasteiger partial charge in [-0.25, -0.2) is 9.98 Å². The van der Waals surface area contributed by atoms with Gasteiger partial charge in [-0.3, -0.25) is 0 Å². The fourth-order valence-electron chi connectivity index (χ4n) is 3.18. The Morgan fingerprint density at radius 2 is 1.96 bits per heavy atom. The average Bonchev–Trinajstić information content (AvgIpc) is 2.72. The first-order valence-electron chi connectivity index (χ1n) is 9.58. The van der Waals surface area contributed by atoms with Crippen LogP contribution in [0, 0.1) is 0 Å². The number of morpholine rings is 1. The average molecular weight is 367 g/mol. The Morgan fingerprint density at radius 3 is 2.70 bits per heavy atom. The van der Waals surface area contributed by atoms with E-state index in [9.17, 15) is 0 Å². The number of nitrogens with one attached hydrogen (secondary N) is 1. The molecule has 1 aromatic carbocycles. The third kappa shape index (κ3) is 5.44. The molecule has 6 heteroatoms. The lowest BCUT2D eigenvalue weighted by Gasteiger charge is -2.29. The lowest BCUT2D eigenvalue weighted by Crippen LogP contribution is -2.39. The summed E-state index contributed by atoms with van der Waals surface area (Å²) in [5.74, 6) is 1.92. The predicted octanol–water partition coefficient (Wildman–Crippen LogP) is 2.52. The van der Waals surface area contributed by atoms with Gasteiger partial charge in [0.25, 0.3) is 0 Å². The summed E-state index contributed by atoms with van der Waals surface area (Å²) in [6.45, 7) is 7.60. The molecule has 3 rings (SSSR count). The van der Waals surface area contributed by atoms with E-state index in [2.05, 4.69) is 64.4 Å². The second-order valence-electron chi connectivity index (χ2n) is 6.60. The van der Waals surface area contributed by atoms with Gasteiger partial charge < -0.3 is 19.9 Å². The maximum atomic E-state index is 5.47. The van der Waals surface area contributed by atoms with Crippen LogP contribution in [-0.2, 0) is 17.8 Å². The molecule has 1 aromatic heterocycles. The first kappa shape index (κ1) is 19.2. The minimum atomic E-state index is 0.599. The van der Waals surface area contributed by atoms with Gasteiger partial charge in [0.15, 0.2) is 5.96 Å². The minimum Gasteiger partial charge on any atom is -0.378 e. The molecule has 144 valence electrons. The highest BCUT2D eigenvalue weighted by Crippen LogP contribution is 2.19. The van der Waals surface area contributed by atoms with Crippen LogP contribution in [0.5, 0.6) is 0 Å². The van der Waals surface area contributed by atoms with Gasteiger partial charge in [0.2, 0.25) is 0 Å². The van der Waals surface area contributed by atoms with Crippen LogP contribution in [-0.4, -0.2) is 55.7 Å². The fourth-order valence-corrected chi connectivity index (χ4v) is 3.18. The zero-order chi connectivity index (χ0) is 18.9. The number of hydrogen-bond donors (Lipinski definition) is 1. The summed E-state index contributed by atoms with van der Waals surface area (Å²) in [5.41, 5.74) is 2.41. The van der Waals surface area contributed by atoms with Crippen molar-refractivity contribution in [3.8, 4) is 0 Å². The Labute approximate surface area is 161 Å². The smallest absolute Gasteiger partial charge is 0.194 e. The van der Waals surface area contributed by atoms with Crippen molar-refractivity contribution in [1.29, 1.82) is 0 Å². The van der Waals surface area contributed by atoms with Crippen molar-refractivity contribution >= 4 is 11.8 Å². The van der Waals surface area contributed by atoms with Gasteiger partial charge in [-0.15, -0.1) is 0 Å². The van der Waals surface area contributed by atoms with Crippen LogP contribution in [0.1, 0.15) is 18.1 Å². The van der Waals surface area contributed by atoms with E-state index in [0.29, 0.717) is 6.54 Å². The van der Waals surface area contributed by atoms with Crippen LogP contribution in [0.25, 0.3) is 0 Å². The molecule has 2 heterocycles. The Bertz CT molecular complexity index is 728. The van der Waals surface area contributed by atoms with Gasteiger partial charge >= 0.3 is 0 Å². The SMILES string of the molecule is CCNC(=NCc1cccnc1N1CCOCC1)N(C)Cc1ccccc1. The molecule has 2 aromatic rings. The number of hydrogen-bond acceptors (Lipinski definition) is 4. The number of aromatic nitrogens is 1. The summed E-state index contributed by atoms with van der Waals surface area (Å²) in [6, 6.07) is 14.5. The first-order chi connectivity index (χ1) is 13.3. The maximum Gasteiger partial charge on any atom is 0.194 e. The highest BCUT2D eigenvalue weighted by atomic mass is 16.5. The molecule has 6 nitrogen and oxygen atoms in total. The molecule has 0 radical (unpaired) electrons. The standard InChI is InChI=1S/C21H29N5O/c1-3-22-21(25(2)17-18-8-5-4-6-9-18)24-16-19-10-7-11-23-20(19)26-12-14-27-15-13-26/h4-11H,3,12-17H2,1-2H3,(H,22,24). The minimum absolute atomic E-state index is 0.599. The number of benzene rings is 1. The number of nitrogens with zero attached hydrogens (tertiary/aromatic N) is 4. The molecule has 0 unspecified atom stereocenters. The van der Waals surface area contributed by atoms with Gasteiger partial charge in [-0.2, -0.15) is 0 Å². The van der Waals surface area contributed by atoms with E-state index in [1.165, 1.54) is 5.56 Å². The van der Waals surface area contributed by atoms with E-state index < -0.39 is 0 Å². The molecule has 1 fully saturated rings. The molecule has 0 spiro atoms. The molecule has 0 saturated carbocycles. The monoisotopic (exact) mass is 367 g/mol. The number of guanidine groups is 1. The molecule has 0 bridgehead atoms. The van der Waals surface area contributed by atoms with E-state index in [1.54, 1.807) is 0 Å². The number of pyridine rings is 1.